The molecule has 0 fully saturated rings. The number of hydrogen-bond donors (Lipinski definition) is 2. The van der Waals surface area contributed by atoms with Gasteiger partial charge in [0.2, 0.25) is 0 Å². The summed E-state index contributed by atoms with van der Waals surface area (Å²) in [5, 5.41) is 12.8. The summed E-state index contributed by atoms with van der Waals surface area (Å²) < 4.78 is 10.6. The summed E-state index contributed by atoms with van der Waals surface area (Å²) in [5.74, 6) is 0.611. The first-order valence-corrected chi connectivity index (χ1v) is 7.85. The van der Waals surface area contributed by atoms with Gasteiger partial charge in [0.25, 0.3) is 0 Å². The highest BCUT2D eigenvalue weighted by Gasteiger charge is 2.07. The molecule has 0 aromatic heterocycles. The first-order chi connectivity index (χ1) is 11.5. The molecule has 0 radical (unpaired) electrons. The Bertz CT molecular complexity index is 722. The van der Waals surface area contributed by atoms with Crippen LogP contribution in [0.4, 0.5) is 0 Å². The molecule has 0 bridgehead atoms. The molecule has 0 aliphatic rings. The second-order valence-corrected chi connectivity index (χ2v) is 5.69. The Morgan fingerprint density at radius 3 is 2.56 bits per heavy atom. The molecular formula is C18H21Cl2NO4. The van der Waals surface area contributed by atoms with Crippen LogP contribution in [-0.2, 0) is 13.0 Å². The van der Waals surface area contributed by atoms with Gasteiger partial charge < -0.3 is 19.9 Å². The first-order valence-electron chi connectivity index (χ1n) is 7.48. The molecule has 2 rings (SSSR count). The fourth-order valence-corrected chi connectivity index (χ4v) is 2.67. The van der Waals surface area contributed by atoms with Crippen molar-refractivity contribution in [2.24, 2.45) is 0 Å². The first kappa shape index (κ1) is 21.1. The quantitative estimate of drug-likeness (QED) is 0.676. The molecule has 2 N–H and O–H groups in total. The van der Waals surface area contributed by atoms with Crippen molar-refractivity contribution in [1.29, 1.82) is 0 Å². The van der Waals surface area contributed by atoms with E-state index in [0.29, 0.717) is 18.1 Å². The Hall–Kier alpha value is -1.95. The van der Waals surface area contributed by atoms with E-state index in [9.17, 15) is 4.79 Å². The molecule has 0 amide bonds. The number of benzene rings is 2. The van der Waals surface area contributed by atoms with Crippen LogP contribution in [0.25, 0.3) is 0 Å². The third-order valence-electron chi connectivity index (χ3n) is 3.59. The molecule has 2 aromatic rings. The molecule has 0 aliphatic heterocycles. The second kappa shape index (κ2) is 10.1. The van der Waals surface area contributed by atoms with Gasteiger partial charge in [-0.25, -0.2) is 4.79 Å². The molecule has 0 aliphatic carbocycles. The van der Waals surface area contributed by atoms with Crippen molar-refractivity contribution in [3.63, 3.8) is 0 Å². The zero-order chi connectivity index (χ0) is 17.5. The van der Waals surface area contributed by atoms with Crippen LogP contribution >= 0.6 is 24.0 Å². The Kier molecular flexibility index (Phi) is 8.55. The normalized spacial score (nSPS) is 10.0. The third kappa shape index (κ3) is 6.12. The Morgan fingerprint density at radius 2 is 1.92 bits per heavy atom. The topological polar surface area (TPSA) is 67.8 Å². The number of nitrogens with one attached hydrogen (secondary N) is 1. The summed E-state index contributed by atoms with van der Waals surface area (Å²) >= 11 is 5.95. The highest BCUT2D eigenvalue weighted by Crippen LogP contribution is 2.24. The predicted molar refractivity (Wildman–Crippen MR) is 101 cm³/mol. The molecule has 2 aromatic carbocycles. The van der Waals surface area contributed by atoms with Crippen molar-refractivity contribution in [2.45, 2.75) is 13.0 Å². The van der Waals surface area contributed by atoms with Crippen molar-refractivity contribution >= 4 is 30.0 Å². The Morgan fingerprint density at radius 1 is 1.16 bits per heavy atom. The molecule has 0 unspecified atom stereocenters. The second-order valence-electron chi connectivity index (χ2n) is 5.26. The maximum atomic E-state index is 11.0. The van der Waals surface area contributed by atoms with Gasteiger partial charge in [0.05, 0.1) is 19.8 Å². The largest absolute Gasteiger partial charge is 0.497 e. The van der Waals surface area contributed by atoms with E-state index >= 15 is 0 Å². The molecule has 0 heterocycles. The number of hydrogen-bond acceptors (Lipinski definition) is 4. The molecule has 7 heteroatoms. The molecule has 136 valence electrons. The van der Waals surface area contributed by atoms with Gasteiger partial charge in [-0.2, -0.15) is 0 Å². The van der Waals surface area contributed by atoms with E-state index < -0.39 is 5.97 Å². The molecule has 0 spiro atoms. The number of methoxy groups -OCH3 is 2. The van der Waals surface area contributed by atoms with Crippen LogP contribution in [0.1, 0.15) is 21.5 Å². The van der Waals surface area contributed by atoms with Crippen molar-refractivity contribution in [2.75, 3.05) is 20.8 Å². The number of ether oxygens (including phenoxy) is 2. The minimum atomic E-state index is -0.986. The fraction of sp³-hybridized carbons (Fsp3) is 0.278. The molecule has 0 atom stereocenters. The van der Waals surface area contributed by atoms with Crippen LogP contribution in [0.15, 0.2) is 36.4 Å². The van der Waals surface area contributed by atoms with Gasteiger partial charge in [0, 0.05) is 11.6 Å². The predicted octanol–water partition coefficient (Wildman–Crippen LogP) is 3.81. The number of aromatic carboxylic acids is 1. The van der Waals surface area contributed by atoms with Gasteiger partial charge >= 0.3 is 5.97 Å². The van der Waals surface area contributed by atoms with Gasteiger partial charge in [-0.3, -0.25) is 0 Å². The summed E-state index contributed by atoms with van der Waals surface area (Å²) in [7, 11) is 3.27. The molecule has 0 saturated heterocycles. The number of halogens is 2. The van der Waals surface area contributed by atoms with E-state index in [1.807, 2.05) is 18.2 Å². The summed E-state index contributed by atoms with van der Waals surface area (Å²) in [5.41, 5.74) is 2.06. The maximum absolute atomic E-state index is 11.0. The van der Waals surface area contributed by atoms with Gasteiger partial charge in [-0.15, -0.1) is 12.4 Å². The highest BCUT2D eigenvalue weighted by molar-refractivity contribution is 6.31. The zero-order valence-corrected chi connectivity index (χ0v) is 15.6. The van der Waals surface area contributed by atoms with Crippen LogP contribution in [0, 0.1) is 0 Å². The minimum Gasteiger partial charge on any atom is -0.497 e. The zero-order valence-electron chi connectivity index (χ0n) is 14.0. The molecule has 25 heavy (non-hydrogen) atoms. The Balaban J connectivity index is 0.00000312. The van der Waals surface area contributed by atoms with Gasteiger partial charge in [0.15, 0.2) is 0 Å². The highest BCUT2D eigenvalue weighted by atomic mass is 35.5. The standard InChI is InChI=1S/C18H20ClNO4.ClH/c1-23-16-3-4-17(24-2)13(10-16)5-6-20-11-12-7-14(18(21)22)9-15(19)8-12;/h3-4,7-10,20H,5-6,11H2,1-2H3,(H,21,22);1H. The number of rotatable bonds is 8. The lowest BCUT2D eigenvalue weighted by atomic mass is 10.1. The summed E-state index contributed by atoms with van der Waals surface area (Å²) in [6, 6.07) is 10.5. The van der Waals surface area contributed by atoms with Crippen LogP contribution in [0.5, 0.6) is 11.5 Å². The maximum Gasteiger partial charge on any atom is 0.335 e. The van der Waals surface area contributed by atoms with Crippen molar-refractivity contribution in [3.8, 4) is 11.5 Å². The van der Waals surface area contributed by atoms with Gasteiger partial charge in [0.1, 0.15) is 11.5 Å². The van der Waals surface area contributed by atoms with Crippen LogP contribution in [-0.4, -0.2) is 31.8 Å². The average Bonchev–Trinajstić information content (AvgIpc) is 2.58. The van der Waals surface area contributed by atoms with E-state index in [1.54, 1.807) is 26.4 Å². The fourth-order valence-electron chi connectivity index (χ4n) is 2.41. The minimum absolute atomic E-state index is 0. The lowest BCUT2D eigenvalue weighted by Crippen LogP contribution is -2.17. The number of carbonyl (C=O) groups is 1. The lowest BCUT2D eigenvalue weighted by Gasteiger charge is -2.11. The lowest BCUT2D eigenvalue weighted by molar-refractivity contribution is 0.0696. The molecular weight excluding hydrogens is 365 g/mol. The van der Waals surface area contributed by atoms with Crippen LogP contribution in [0.2, 0.25) is 5.02 Å². The van der Waals surface area contributed by atoms with Crippen LogP contribution in [0.3, 0.4) is 0 Å². The third-order valence-corrected chi connectivity index (χ3v) is 3.81. The molecule has 5 nitrogen and oxygen atoms in total. The van der Waals surface area contributed by atoms with Gasteiger partial charge in [-0.1, -0.05) is 11.6 Å². The number of carboxylic acid groups (broad SMARTS) is 1. The number of carboxylic acids is 1. The van der Waals surface area contributed by atoms with Crippen LogP contribution < -0.4 is 14.8 Å². The summed E-state index contributed by atoms with van der Waals surface area (Å²) in [6.45, 7) is 1.24. The van der Waals surface area contributed by atoms with Gasteiger partial charge in [-0.05, 0) is 60.5 Å². The molecule has 0 saturated carbocycles. The van der Waals surface area contributed by atoms with E-state index in [0.717, 1.165) is 29.0 Å². The average molecular weight is 386 g/mol. The smallest absolute Gasteiger partial charge is 0.335 e. The van der Waals surface area contributed by atoms with Crippen molar-refractivity contribution in [1.82, 2.24) is 5.32 Å². The van der Waals surface area contributed by atoms with E-state index in [1.165, 1.54) is 6.07 Å². The van der Waals surface area contributed by atoms with E-state index in [2.05, 4.69) is 5.32 Å². The SMILES string of the molecule is COc1ccc(OC)c(CCNCc2cc(Cl)cc(C(=O)O)c2)c1.Cl. The Labute approximate surface area is 158 Å². The monoisotopic (exact) mass is 385 g/mol. The summed E-state index contributed by atoms with van der Waals surface area (Å²) in [4.78, 5) is 11.0. The van der Waals surface area contributed by atoms with Crippen molar-refractivity contribution < 1.29 is 19.4 Å². The van der Waals surface area contributed by atoms with E-state index in [4.69, 9.17) is 26.2 Å². The van der Waals surface area contributed by atoms with E-state index in [-0.39, 0.29) is 18.0 Å². The van der Waals surface area contributed by atoms with Crippen molar-refractivity contribution in [3.05, 3.63) is 58.1 Å². The summed E-state index contributed by atoms with van der Waals surface area (Å²) in [6.07, 6.45) is 0.757.